The third-order valence-electron chi connectivity index (χ3n) is 6.22. The van der Waals surface area contributed by atoms with Gasteiger partial charge in [0.05, 0.1) is 16.8 Å². The van der Waals surface area contributed by atoms with Crippen molar-refractivity contribution in [1.82, 2.24) is 0 Å². The van der Waals surface area contributed by atoms with Gasteiger partial charge in [-0.25, -0.2) is 0 Å². The molecule has 0 aliphatic carbocycles. The largest absolute Gasteiger partial charge is 0.498 e. The maximum Gasteiger partial charge on any atom is 0.498 e. The van der Waals surface area contributed by atoms with Gasteiger partial charge in [0.15, 0.2) is 0 Å². The molecule has 0 saturated carbocycles. The van der Waals surface area contributed by atoms with Gasteiger partial charge < -0.3 is 13.7 Å². The Balaban J connectivity index is 1.71. The highest BCUT2D eigenvalue weighted by atomic mass is 19.4. The summed E-state index contributed by atoms with van der Waals surface area (Å²) in [6, 6.07) is 11.1. The minimum Gasteiger partial charge on any atom is -0.461 e. The van der Waals surface area contributed by atoms with Crippen LogP contribution in [-0.2, 0) is 21.9 Å². The Hall–Kier alpha value is -2.25. The summed E-state index contributed by atoms with van der Waals surface area (Å²) in [4.78, 5) is 0. The van der Waals surface area contributed by atoms with Crippen LogP contribution in [0.1, 0.15) is 50.1 Å². The molecule has 158 valence electrons. The molecule has 0 bridgehead atoms. The van der Waals surface area contributed by atoms with Gasteiger partial charge in [-0.15, -0.1) is 0 Å². The molecule has 1 aliphatic rings. The third kappa shape index (κ3) is 3.54. The van der Waals surface area contributed by atoms with Gasteiger partial charge in [0, 0.05) is 17.3 Å². The van der Waals surface area contributed by atoms with Crippen molar-refractivity contribution in [1.29, 1.82) is 0 Å². The van der Waals surface area contributed by atoms with Crippen LogP contribution in [0.3, 0.4) is 0 Å². The number of rotatable bonds is 3. The molecular weight excluding hydrogens is 392 g/mol. The number of aryl methyl sites for hydroxylation is 1. The molecule has 0 atom stereocenters. The predicted molar refractivity (Wildman–Crippen MR) is 111 cm³/mol. The SMILES string of the molecule is Cc1c(Cc2cccc(C(F)(F)F)c2)oc2c(B3OC(C)(C)C(C)(C)O3)cccc12. The zero-order chi connectivity index (χ0) is 21.9. The standard InChI is InChI=1S/C23H24BF3O3/c1-14-17-10-7-11-18(24-29-21(2,3)22(4,5)30-24)20(17)28-19(14)13-15-8-6-9-16(12-15)23(25,26)27/h6-12H,13H2,1-5H3. The first-order valence-corrected chi connectivity index (χ1v) is 9.92. The maximum absolute atomic E-state index is 13.1. The number of hydrogen-bond acceptors (Lipinski definition) is 3. The first-order chi connectivity index (χ1) is 13.9. The first kappa shape index (κ1) is 21.0. The van der Waals surface area contributed by atoms with E-state index in [4.69, 9.17) is 13.7 Å². The Kier molecular flexibility index (Phi) is 4.82. The van der Waals surface area contributed by atoms with Gasteiger partial charge in [-0.05, 0) is 51.8 Å². The lowest BCUT2D eigenvalue weighted by Gasteiger charge is -2.32. The number of para-hydroxylation sites is 1. The van der Waals surface area contributed by atoms with Crippen LogP contribution < -0.4 is 5.46 Å². The molecule has 30 heavy (non-hydrogen) atoms. The molecule has 1 saturated heterocycles. The van der Waals surface area contributed by atoms with Gasteiger partial charge in [-0.2, -0.15) is 13.2 Å². The van der Waals surface area contributed by atoms with Crippen LogP contribution in [0.2, 0.25) is 0 Å². The number of fused-ring (bicyclic) bond motifs is 1. The zero-order valence-corrected chi connectivity index (χ0v) is 17.7. The van der Waals surface area contributed by atoms with Crippen molar-refractivity contribution in [3.63, 3.8) is 0 Å². The fourth-order valence-corrected chi connectivity index (χ4v) is 3.68. The van der Waals surface area contributed by atoms with E-state index < -0.39 is 30.1 Å². The van der Waals surface area contributed by atoms with Crippen molar-refractivity contribution in [3.05, 3.63) is 64.9 Å². The van der Waals surface area contributed by atoms with Crippen LogP contribution in [0.15, 0.2) is 46.9 Å². The number of hydrogen-bond donors (Lipinski definition) is 0. The molecule has 0 N–H and O–H groups in total. The van der Waals surface area contributed by atoms with Gasteiger partial charge in [0.2, 0.25) is 0 Å². The fourth-order valence-electron chi connectivity index (χ4n) is 3.68. The van der Waals surface area contributed by atoms with E-state index in [1.165, 1.54) is 12.1 Å². The molecular formula is C23H24BF3O3. The highest BCUT2D eigenvalue weighted by molar-refractivity contribution is 6.64. The number of benzene rings is 2. The van der Waals surface area contributed by atoms with Gasteiger partial charge in [0.1, 0.15) is 11.3 Å². The molecule has 0 spiro atoms. The highest BCUT2D eigenvalue weighted by Crippen LogP contribution is 2.38. The fraction of sp³-hybridized carbons (Fsp3) is 0.391. The molecule has 0 amide bonds. The lowest BCUT2D eigenvalue weighted by atomic mass is 9.78. The summed E-state index contributed by atoms with van der Waals surface area (Å²) in [7, 11) is -0.578. The summed E-state index contributed by atoms with van der Waals surface area (Å²) in [6.45, 7) is 9.86. The number of furan rings is 1. The zero-order valence-electron chi connectivity index (χ0n) is 17.7. The van der Waals surface area contributed by atoms with Crippen LogP contribution in [-0.4, -0.2) is 18.3 Å². The van der Waals surface area contributed by atoms with E-state index in [1.807, 2.05) is 52.8 Å². The summed E-state index contributed by atoms with van der Waals surface area (Å²) in [5.41, 5.74) is 1.25. The highest BCUT2D eigenvalue weighted by Gasteiger charge is 2.52. The Morgan fingerprint density at radius 2 is 1.57 bits per heavy atom. The summed E-state index contributed by atoms with van der Waals surface area (Å²) >= 11 is 0. The van der Waals surface area contributed by atoms with Gasteiger partial charge >= 0.3 is 13.3 Å². The molecule has 2 heterocycles. The molecule has 1 aliphatic heterocycles. The Morgan fingerprint density at radius 1 is 0.933 bits per heavy atom. The second-order valence-electron chi connectivity index (χ2n) is 8.84. The van der Waals surface area contributed by atoms with Gasteiger partial charge in [-0.3, -0.25) is 0 Å². The molecule has 4 rings (SSSR count). The normalized spacial score (nSPS) is 18.3. The average Bonchev–Trinajstić information content (AvgIpc) is 3.07. The second-order valence-corrected chi connectivity index (χ2v) is 8.84. The van der Waals surface area contributed by atoms with Crippen LogP contribution in [0.5, 0.6) is 0 Å². The Morgan fingerprint density at radius 3 is 2.20 bits per heavy atom. The van der Waals surface area contributed by atoms with Gasteiger partial charge in [-0.1, -0.05) is 36.4 Å². The van der Waals surface area contributed by atoms with Crippen molar-refractivity contribution >= 4 is 23.6 Å². The summed E-state index contributed by atoms with van der Waals surface area (Å²) in [6.07, 6.45) is -4.10. The van der Waals surface area contributed by atoms with Crippen molar-refractivity contribution < 1.29 is 26.9 Å². The monoisotopic (exact) mass is 416 g/mol. The van der Waals surface area contributed by atoms with E-state index in [0.717, 1.165) is 22.5 Å². The molecule has 0 radical (unpaired) electrons. The number of halogens is 3. The summed E-state index contributed by atoms with van der Waals surface area (Å²) in [5.74, 6) is 0.633. The minimum atomic E-state index is -4.37. The molecule has 1 aromatic heterocycles. The van der Waals surface area contributed by atoms with E-state index in [-0.39, 0.29) is 6.42 Å². The molecule has 1 fully saturated rings. The van der Waals surface area contributed by atoms with E-state index >= 15 is 0 Å². The van der Waals surface area contributed by atoms with Crippen molar-refractivity contribution in [3.8, 4) is 0 Å². The lowest BCUT2D eigenvalue weighted by molar-refractivity contribution is -0.137. The van der Waals surface area contributed by atoms with E-state index in [0.29, 0.717) is 16.9 Å². The van der Waals surface area contributed by atoms with Crippen molar-refractivity contribution in [2.75, 3.05) is 0 Å². The quantitative estimate of drug-likeness (QED) is 0.517. The van der Waals surface area contributed by atoms with Crippen LogP contribution in [0.4, 0.5) is 13.2 Å². The molecule has 3 aromatic rings. The van der Waals surface area contributed by atoms with E-state index in [9.17, 15) is 13.2 Å². The predicted octanol–water partition coefficient (Wildman–Crippen LogP) is 5.65. The minimum absolute atomic E-state index is 0.271. The van der Waals surface area contributed by atoms with Gasteiger partial charge in [0.25, 0.3) is 0 Å². The van der Waals surface area contributed by atoms with Crippen molar-refractivity contribution in [2.24, 2.45) is 0 Å². The Bertz CT molecular complexity index is 1080. The Labute approximate surface area is 174 Å². The van der Waals surface area contributed by atoms with Crippen LogP contribution in [0, 0.1) is 6.92 Å². The maximum atomic E-state index is 13.1. The van der Waals surface area contributed by atoms with E-state index in [2.05, 4.69) is 0 Å². The second kappa shape index (κ2) is 6.89. The molecule has 0 unspecified atom stereocenters. The molecule has 2 aromatic carbocycles. The number of alkyl halides is 3. The van der Waals surface area contributed by atoms with E-state index in [1.54, 1.807) is 6.07 Å². The average molecular weight is 416 g/mol. The molecule has 3 nitrogen and oxygen atoms in total. The summed E-state index contributed by atoms with van der Waals surface area (Å²) < 4.78 is 57.7. The van der Waals surface area contributed by atoms with Crippen LogP contribution in [0.25, 0.3) is 11.0 Å². The smallest absolute Gasteiger partial charge is 0.461 e. The molecule has 7 heteroatoms. The first-order valence-electron chi connectivity index (χ1n) is 9.92. The lowest BCUT2D eigenvalue weighted by Crippen LogP contribution is -2.41. The topological polar surface area (TPSA) is 31.6 Å². The summed E-state index contributed by atoms with van der Waals surface area (Å²) in [5, 5.41) is 0.907. The third-order valence-corrected chi connectivity index (χ3v) is 6.22. The van der Waals surface area contributed by atoms with Crippen LogP contribution >= 0.6 is 0 Å². The van der Waals surface area contributed by atoms with Crippen molar-refractivity contribution in [2.45, 2.75) is 58.4 Å².